The smallest absolute Gasteiger partial charge is 0.0422 e. The van der Waals surface area contributed by atoms with Crippen LogP contribution in [0.15, 0.2) is 115 Å². The molecular weight excluding hydrogens is 542 g/mol. The second-order valence-corrected chi connectivity index (χ2v) is 13.5. The highest BCUT2D eigenvalue weighted by molar-refractivity contribution is 5.79. The minimum absolute atomic E-state index is 0.0211. The fraction of sp³-hybridized carbons (Fsp3) is 0.318. The van der Waals surface area contributed by atoms with Gasteiger partial charge in [0.25, 0.3) is 0 Å². The van der Waals surface area contributed by atoms with Gasteiger partial charge in [-0.1, -0.05) is 120 Å². The van der Waals surface area contributed by atoms with E-state index in [-0.39, 0.29) is 11.0 Å². The maximum atomic E-state index is 2.59. The molecule has 0 bridgehead atoms. The van der Waals surface area contributed by atoms with Crippen molar-refractivity contribution in [2.45, 2.75) is 91.0 Å². The van der Waals surface area contributed by atoms with Crippen LogP contribution in [0.25, 0.3) is 33.4 Å². The Morgan fingerprint density at radius 3 is 1.42 bits per heavy atom. The molecule has 0 atom stereocenters. The van der Waals surface area contributed by atoms with Crippen LogP contribution in [-0.2, 0) is 18.3 Å². The summed E-state index contributed by atoms with van der Waals surface area (Å²) in [5.41, 5.74) is 14.8. The van der Waals surface area contributed by atoms with Gasteiger partial charge in [-0.3, -0.25) is 0 Å². The van der Waals surface area contributed by atoms with Crippen LogP contribution in [0.2, 0.25) is 0 Å². The lowest BCUT2D eigenvalue weighted by Crippen LogP contribution is -2.42. The molecule has 6 rings (SSSR count). The summed E-state index contributed by atoms with van der Waals surface area (Å²) in [5, 5.41) is 0. The summed E-state index contributed by atoms with van der Waals surface area (Å²) < 4.78 is 0. The van der Waals surface area contributed by atoms with Gasteiger partial charge in [-0.05, 0) is 131 Å². The van der Waals surface area contributed by atoms with E-state index in [2.05, 4.69) is 162 Å². The Hall–Kier alpha value is -4.10. The molecular formula is C44H49N. The first-order valence-corrected chi connectivity index (χ1v) is 17.1. The quantitative estimate of drug-likeness (QED) is 0.148. The predicted molar refractivity (Wildman–Crippen MR) is 196 cm³/mol. The highest BCUT2D eigenvalue weighted by atomic mass is 15.2. The molecule has 230 valence electrons. The summed E-state index contributed by atoms with van der Waals surface area (Å²) in [7, 11) is 0. The Morgan fingerprint density at radius 1 is 0.467 bits per heavy atom. The lowest BCUT2D eigenvalue weighted by atomic mass is 9.77. The first-order chi connectivity index (χ1) is 21.8. The predicted octanol–water partition coefficient (Wildman–Crippen LogP) is 12.6. The lowest BCUT2D eigenvalue weighted by molar-refractivity contribution is 0.428. The van der Waals surface area contributed by atoms with Gasteiger partial charge in [0.2, 0.25) is 0 Å². The molecule has 0 unspecified atom stereocenters. The SMILES string of the molecule is CCC(C)(CC)c1ccc(-c2cccc(-c3cccc(N(c4cccc(-c5ccc6c(c5)CC6)c4)C(C)(CC)CC)c3)c2)cc1. The average Bonchev–Trinajstić information content (AvgIpc) is 3.09. The van der Waals surface area contributed by atoms with Crippen molar-refractivity contribution in [1.82, 2.24) is 0 Å². The fourth-order valence-electron chi connectivity index (χ4n) is 6.96. The summed E-state index contributed by atoms with van der Waals surface area (Å²) in [6.07, 6.45) is 6.83. The Morgan fingerprint density at radius 2 is 0.933 bits per heavy atom. The third-order valence-electron chi connectivity index (χ3n) is 11.1. The topological polar surface area (TPSA) is 3.24 Å². The van der Waals surface area contributed by atoms with Crippen LogP contribution in [0.5, 0.6) is 0 Å². The summed E-state index contributed by atoms with van der Waals surface area (Å²) in [6.45, 7) is 14.0. The van der Waals surface area contributed by atoms with Crippen LogP contribution in [0, 0.1) is 0 Å². The van der Waals surface area contributed by atoms with Gasteiger partial charge in [-0.15, -0.1) is 0 Å². The number of hydrogen-bond donors (Lipinski definition) is 0. The maximum absolute atomic E-state index is 2.59. The standard InChI is InChI=1S/C44H49N/c1-7-43(5,8-2)40-26-24-33(25-27-40)34-14-11-15-35(28-34)36-16-12-18-41(30-36)45(44(6,9-3)10-4)42-19-13-17-37(31-42)39-23-21-32-20-22-38(32)29-39/h11-19,21,23-31H,7-10,20,22H2,1-6H3. The second-order valence-electron chi connectivity index (χ2n) is 13.5. The molecule has 5 aromatic rings. The van der Waals surface area contributed by atoms with Gasteiger partial charge in [-0.25, -0.2) is 0 Å². The highest BCUT2D eigenvalue weighted by Crippen LogP contribution is 2.41. The van der Waals surface area contributed by atoms with Crippen molar-refractivity contribution in [2.75, 3.05) is 4.90 Å². The van der Waals surface area contributed by atoms with Gasteiger partial charge in [0, 0.05) is 16.9 Å². The van der Waals surface area contributed by atoms with E-state index in [1.807, 2.05) is 0 Å². The Bertz CT molecular complexity index is 1770. The van der Waals surface area contributed by atoms with Gasteiger partial charge in [0.1, 0.15) is 0 Å². The minimum Gasteiger partial charge on any atom is -0.336 e. The zero-order valence-corrected chi connectivity index (χ0v) is 28.2. The van der Waals surface area contributed by atoms with Crippen molar-refractivity contribution >= 4 is 11.4 Å². The molecule has 0 heterocycles. The van der Waals surface area contributed by atoms with Crippen molar-refractivity contribution in [2.24, 2.45) is 0 Å². The highest BCUT2D eigenvalue weighted by Gasteiger charge is 2.30. The van der Waals surface area contributed by atoms with Crippen LogP contribution in [0.3, 0.4) is 0 Å². The molecule has 1 aliphatic carbocycles. The van der Waals surface area contributed by atoms with E-state index in [0.717, 1.165) is 25.7 Å². The zero-order chi connectivity index (χ0) is 31.6. The summed E-state index contributed by atoms with van der Waals surface area (Å²) in [5.74, 6) is 0. The molecule has 0 spiro atoms. The van der Waals surface area contributed by atoms with Gasteiger partial charge in [0.15, 0.2) is 0 Å². The molecule has 45 heavy (non-hydrogen) atoms. The molecule has 0 radical (unpaired) electrons. The Balaban J connectivity index is 1.36. The van der Waals surface area contributed by atoms with Crippen molar-refractivity contribution in [3.63, 3.8) is 0 Å². The minimum atomic E-state index is -0.0211. The van der Waals surface area contributed by atoms with Gasteiger partial charge in [-0.2, -0.15) is 0 Å². The normalized spacial score (nSPS) is 12.8. The number of aryl methyl sites for hydroxylation is 2. The van der Waals surface area contributed by atoms with Gasteiger partial charge >= 0.3 is 0 Å². The number of rotatable bonds is 11. The molecule has 1 heteroatoms. The van der Waals surface area contributed by atoms with Crippen LogP contribution in [0.1, 0.15) is 83.9 Å². The Kier molecular flexibility index (Phi) is 8.74. The molecule has 0 aliphatic heterocycles. The van der Waals surface area contributed by atoms with Gasteiger partial charge in [0.05, 0.1) is 0 Å². The molecule has 5 aromatic carbocycles. The molecule has 0 N–H and O–H groups in total. The van der Waals surface area contributed by atoms with Crippen LogP contribution in [-0.4, -0.2) is 5.54 Å². The van der Waals surface area contributed by atoms with E-state index in [0.29, 0.717) is 0 Å². The summed E-state index contributed by atoms with van der Waals surface area (Å²) in [6, 6.07) is 43.6. The number of benzene rings is 5. The van der Waals surface area contributed by atoms with E-state index in [1.165, 1.54) is 74.3 Å². The van der Waals surface area contributed by atoms with E-state index < -0.39 is 0 Å². The fourth-order valence-corrected chi connectivity index (χ4v) is 6.96. The molecule has 1 aliphatic rings. The summed E-state index contributed by atoms with van der Waals surface area (Å²) >= 11 is 0. The third-order valence-corrected chi connectivity index (χ3v) is 11.1. The van der Waals surface area contributed by atoms with E-state index in [9.17, 15) is 0 Å². The largest absolute Gasteiger partial charge is 0.336 e. The molecule has 0 saturated carbocycles. The van der Waals surface area contributed by atoms with Crippen molar-refractivity contribution < 1.29 is 0 Å². The van der Waals surface area contributed by atoms with Crippen molar-refractivity contribution in [3.05, 3.63) is 132 Å². The first-order valence-electron chi connectivity index (χ1n) is 17.1. The maximum Gasteiger partial charge on any atom is 0.0422 e. The van der Waals surface area contributed by atoms with Crippen LogP contribution < -0.4 is 4.90 Å². The molecule has 1 nitrogen and oxygen atoms in total. The average molecular weight is 592 g/mol. The number of fused-ring (bicyclic) bond motifs is 1. The second kappa shape index (κ2) is 12.7. The van der Waals surface area contributed by atoms with Crippen molar-refractivity contribution in [1.29, 1.82) is 0 Å². The molecule has 0 saturated heterocycles. The number of anilines is 2. The molecule has 0 fully saturated rings. The van der Waals surface area contributed by atoms with Gasteiger partial charge < -0.3 is 4.90 Å². The Labute approximate surface area is 272 Å². The van der Waals surface area contributed by atoms with E-state index in [1.54, 1.807) is 0 Å². The monoisotopic (exact) mass is 591 g/mol. The zero-order valence-electron chi connectivity index (χ0n) is 28.2. The third kappa shape index (κ3) is 5.98. The van der Waals surface area contributed by atoms with Crippen molar-refractivity contribution in [3.8, 4) is 33.4 Å². The van der Waals surface area contributed by atoms with Crippen LogP contribution in [0.4, 0.5) is 11.4 Å². The molecule has 0 amide bonds. The van der Waals surface area contributed by atoms with Crippen LogP contribution >= 0.6 is 0 Å². The molecule has 0 aromatic heterocycles. The van der Waals surface area contributed by atoms with E-state index in [4.69, 9.17) is 0 Å². The lowest BCUT2D eigenvalue weighted by Gasteiger charge is -2.42. The first kappa shape index (κ1) is 30.9. The summed E-state index contributed by atoms with van der Waals surface area (Å²) in [4.78, 5) is 2.59. The number of nitrogens with zero attached hydrogens (tertiary/aromatic N) is 1. The van der Waals surface area contributed by atoms with E-state index >= 15 is 0 Å². The number of hydrogen-bond acceptors (Lipinski definition) is 1.